The molecule has 0 amide bonds. The second-order valence-electron chi connectivity index (χ2n) is 8.78. The molecule has 0 aromatic rings. The van der Waals surface area contributed by atoms with Crippen LogP contribution >= 0.6 is 0 Å². The molecule has 128 valence electrons. The number of hydrogen-bond acceptors (Lipinski definition) is 3. The minimum atomic E-state index is -0.559. The predicted molar refractivity (Wildman–Crippen MR) is 92.2 cm³/mol. The van der Waals surface area contributed by atoms with Crippen molar-refractivity contribution in [2.75, 3.05) is 0 Å². The van der Waals surface area contributed by atoms with E-state index in [9.17, 15) is 14.7 Å². The predicted octanol–water partition coefficient (Wildman–Crippen LogP) is 3.39. The van der Waals surface area contributed by atoms with Gasteiger partial charge in [-0.25, -0.2) is 0 Å². The third-order valence-electron chi connectivity index (χ3n) is 7.62. The zero-order chi connectivity index (χ0) is 17.4. The lowest BCUT2D eigenvalue weighted by Crippen LogP contribution is -2.56. The maximum atomic E-state index is 12.8. The zero-order valence-corrected chi connectivity index (χ0v) is 14.6. The highest BCUT2D eigenvalue weighted by atomic mass is 16.3. The summed E-state index contributed by atoms with van der Waals surface area (Å²) in [4.78, 5) is 24.6. The lowest BCUT2D eigenvalue weighted by molar-refractivity contribution is -0.143. The standard InChI is InChI=1S/C21H26O3/c1-11-12(2)19(24)21(4)10-16(23)18-15(17(11)21)6-5-13-9-14(22)7-8-20(13,18)3/h9,15-18,23H,1-2,5-8,10H2,3-4H3/t15-,16?,17-,18-,20-,21-/m0/s1. The highest BCUT2D eigenvalue weighted by Crippen LogP contribution is 2.65. The van der Waals surface area contributed by atoms with Crippen molar-refractivity contribution < 1.29 is 14.7 Å². The van der Waals surface area contributed by atoms with E-state index in [2.05, 4.69) is 20.1 Å². The van der Waals surface area contributed by atoms with Crippen molar-refractivity contribution in [1.29, 1.82) is 0 Å². The summed E-state index contributed by atoms with van der Waals surface area (Å²) >= 11 is 0. The molecule has 4 aliphatic carbocycles. The van der Waals surface area contributed by atoms with Gasteiger partial charge in [0, 0.05) is 17.4 Å². The molecule has 3 nitrogen and oxygen atoms in total. The third-order valence-corrected chi connectivity index (χ3v) is 7.62. The Hall–Kier alpha value is -1.48. The minimum absolute atomic E-state index is 0.0697. The summed E-state index contributed by atoms with van der Waals surface area (Å²) in [5.74, 6) is 0.705. The Morgan fingerprint density at radius 2 is 1.88 bits per heavy atom. The molecule has 3 heteroatoms. The fourth-order valence-electron chi connectivity index (χ4n) is 6.49. The molecule has 0 aliphatic heterocycles. The Kier molecular flexibility index (Phi) is 3.19. The number of Topliss-reactive ketones (excluding diaryl/α,β-unsaturated/α-hetero) is 1. The molecule has 0 heterocycles. The number of aliphatic hydroxyl groups excluding tert-OH is 1. The van der Waals surface area contributed by atoms with Gasteiger partial charge >= 0.3 is 0 Å². The molecule has 4 aliphatic rings. The minimum Gasteiger partial charge on any atom is -0.393 e. The van der Waals surface area contributed by atoms with E-state index < -0.39 is 11.5 Å². The number of hydrogen-bond donors (Lipinski definition) is 1. The van der Waals surface area contributed by atoms with Gasteiger partial charge in [-0.15, -0.1) is 0 Å². The first kappa shape index (κ1) is 16.0. The van der Waals surface area contributed by atoms with Gasteiger partial charge in [-0.3, -0.25) is 9.59 Å². The normalized spacial score (nSPS) is 47.9. The summed E-state index contributed by atoms with van der Waals surface area (Å²) in [5.41, 5.74) is 1.95. The highest BCUT2D eigenvalue weighted by Gasteiger charge is 2.64. The molecule has 6 atom stereocenters. The average Bonchev–Trinajstić information content (AvgIpc) is 2.68. The molecule has 0 aromatic carbocycles. The maximum absolute atomic E-state index is 12.8. The molecular weight excluding hydrogens is 300 g/mol. The first-order chi connectivity index (χ1) is 11.2. The van der Waals surface area contributed by atoms with Crippen molar-refractivity contribution in [3.8, 4) is 0 Å². The van der Waals surface area contributed by atoms with E-state index in [-0.39, 0.29) is 34.7 Å². The second kappa shape index (κ2) is 4.78. The van der Waals surface area contributed by atoms with Gasteiger partial charge in [0.2, 0.25) is 0 Å². The molecule has 0 spiro atoms. The molecule has 4 rings (SSSR count). The van der Waals surface area contributed by atoms with E-state index in [1.165, 1.54) is 5.57 Å². The lowest BCUT2D eigenvalue weighted by Gasteiger charge is -2.58. The summed E-state index contributed by atoms with van der Waals surface area (Å²) in [6.07, 6.45) is 4.96. The fraction of sp³-hybridized carbons (Fsp3) is 0.619. The quantitative estimate of drug-likeness (QED) is 0.694. The largest absolute Gasteiger partial charge is 0.393 e. The summed E-state index contributed by atoms with van der Waals surface area (Å²) < 4.78 is 0. The van der Waals surface area contributed by atoms with Gasteiger partial charge in [-0.1, -0.05) is 32.6 Å². The van der Waals surface area contributed by atoms with Crippen molar-refractivity contribution in [2.24, 2.45) is 28.6 Å². The fourth-order valence-corrected chi connectivity index (χ4v) is 6.49. The smallest absolute Gasteiger partial charge is 0.169 e. The van der Waals surface area contributed by atoms with Gasteiger partial charge in [0.15, 0.2) is 11.6 Å². The van der Waals surface area contributed by atoms with Crippen LogP contribution in [0.3, 0.4) is 0 Å². The van der Waals surface area contributed by atoms with Crippen LogP contribution in [-0.2, 0) is 9.59 Å². The lowest BCUT2D eigenvalue weighted by atomic mass is 9.46. The Labute approximate surface area is 143 Å². The Morgan fingerprint density at radius 3 is 2.58 bits per heavy atom. The summed E-state index contributed by atoms with van der Waals surface area (Å²) in [6, 6.07) is 0. The second-order valence-corrected chi connectivity index (χ2v) is 8.78. The van der Waals surface area contributed by atoms with E-state index in [4.69, 9.17) is 0 Å². The van der Waals surface area contributed by atoms with E-state index in [0.29, 0.717) is 18.4 Å². The topological polar surface area (TPSA) is 54.4 Å². The molecular formula is C21H26O3. The Morgan fingerprint density at radius 1 is 1.17 bits per heavy atom. The molecule has 0 radical (unpaired) electrons. The monoisotopic (exact) mass is 326 g/mol. The Bertz CT molecular complexity index is 715. The van der Waals surface area contributed by atoms with Crippen LogP contribution < -0.4 is 0 Å². The number of carbonyl (C=O) groups excluding carboxylic acids is 2. The molecule has 0 bridgehead atoms. The molecule has 0 aromatic heterocycles. The zero-order valence-electron chi connectivity index (χ0n) is 14.6. The van der Waals surface area contributed by atoms with Gasteiger partial charge in [-0.05, 0) is 60.5 Å². The van der Waals surface area contributed by atoms with Crippen molar-refractivity contribution >= 4 is 11.6 Å². The number of rotatable bonds is 0. The maximum Gasteiger partial charge on any atom is 0.169 e. The van der Waals surface area contributed by atoms with E-state index in [1.807, 2.05) is 13.0 Å². The van der Waals surface area contributed by atoms with Crippen LogP contribution in [0.25, 0.3) is 0 Å². The van der Waals surface area contributed by atoms with Crippen LogP contribution in [0, 0.1) is 28.6 Å². The number of aliphatic hydroxyl groups is 1. The van der Waals surface area contributed by atoms with Gasteiger partial charge in [0.1, 0.15) is 0 Å². The molecule has 3 saturated carbocycles. The Balaban J connectivity index is 1.81. The number of allylic oxidation sites excluding steroid dienone is 3. The molecule has 0 saturated heterocycles. The summed E-state index contributed by atoms with van der Waals surface area (Å²) in [5, 5.41) is 11.1. The molecule has 24 heavy (non-hydrogen) atoms. The van der Waals surface area contributed by atoms with E-state index in [1.54, 1.807) is 0 Å². The van der Waals surface area contributed by atoms with Crippen molar-refractivity contribution in [3.05, 3.63) is 36.0 Å². The highest BCUT2D eigenvalue weighted by molar-refractivity contribution is 6.07. The molecule has 3 fully saturated rings. The van der Waals surface area contributed by atoms with Gasteiger partial charge in [-0.2, -0.15) is 0 Å². The van der Waals surface area contributed by atoms with Crippen molar-refractivity contribution in [1.82, 2.24) is 0 Å². The van der Waals surface area contributed by atoms with E-state index >= 15 is 0 Å². The SMILES string of the molecule is C=C1C(=C)[C@H]2[C@@H]3CCC4=CC(=O)CC[C@]4(C)[C@@H]3C(O)C[C@]2(C)C1=O. The third kappa shape index (κ3) is 1.77. The van der Waals surface area contributed by atoms with Gasteiger partial charge < -0.3 is 5.11 Å². The van der Waals surface area contributed by atoms with Crippen molar-refractivity contribution in [3.63, 3.8) is 0 Å². The van der Waals surface area contributed by atoms with Crippen LogP contribution in [0.4, 0.5) is 0 Å². The summed E-state index contributed by atoms with van der Waals surface area (Å²) in [7, 11) is 0. The van der Waals surface area contributed by atoms with Gasteiger partial charge in [0.05, 0.1) is 6.10 Å². The van der Waals surface area contributed by atoms with Crippen LogP contribution in [0.5, 0.6) is 0 Å². The van der Waals surface area contributed by atoms with Crippen LogP contribution in [-0.4, -0.2) is 22.8 Å². The number of carbonyl (C=O) groups is 2. The number of fused-ring (bicyclic) bond motifs is 5. The molecule has 1 unspecified atom stereocenters. The van der Waals surface area contributed by atoms with Crippen LogP contribution in [0.2, 0.25) is 0 Å². The average molecular weight is 326 g/mol. The van der Waals surface area contributed by atoms with E-state index in [0.717, 1.165) is 24.8 Å². The number of ketones is 2. The first-order valence-electron chi connectivity index (χ1n) is 9.05. The van der Waals surface area contributed by atoms with Crippen LogP contribution in [0.1, 0.15) is 46.0 Å². The van der Waals surface area contributed by atoms with Crippen LogP contribution in [0.15, 0.2) is 36.0 Å². The van der Waals surface area contributed by atoms with Gasteiger partial charge in [0.25, 0.3) is 0 Å². The first-order valence-corrected chi connectivity index (χ1v) is 9.05. The summed E-state index contributed by atoms with van der Waals surface area (Å²) in [6.45, 7) is 12.4. The molecule has 1 N–H and O–H groups in total. The van der Waals surface area contributed by atoms with Crippen molar-refractivity contribution in [2.45, 2.75) is 52.1 Å².